The number of halogens is 2. The van der Waals surface area contributed by atoms with E-state index in [1.807, 2.05) is 0 Å². The van der Waals surface area contributed by atoms with E-state index in [-0.39, 0.29) is 11.5 Å². The van der Waals surface area contributed by atoms with Crippen LogP contribution in [0.4, 0.5) is 4.39 Å². The van der Waals surface area contributed by atoms with Crippen molar-refractivity contribution in [3.05, 3.63) is 40.2 Å². The van der Waals surface area contributed by atoms with Crippen LogP contribution in [0, 0.1) is 5.82 Å². The van der Waals surface area contributed by atoms with E-state index in [1.54, 1.807) is 0 Å². The van der Waals surface area contributed by atoms with Gasteiger partial charge in [-0.1, -0.05) is 21.1 Å². The summed E-state index contributed by atoms with van der Waals surface area (Å²) in [6.07, 6.45) is 0. The van der Waals surface area contributed by atoms with E-state index in [0.29, 0.717) is 10.0 Å². The molecule has 0 atom stereocenters. The molecule has 1 aromatic carbocycles. The molecular formula is C10H5BrFNO3. The second-order valence-corrected chi connectivity index (χ2v) is 3.86. The maximum atomic E-state index is 13.0. The van der Waals surface area contributed by atoms with Crippen molar-refractivity contribution in [1.82, 2.24) is 5.16 Å². The number of carboxylic acids is 1. The van der Waals surface area contributed by atoms with Crippen molar-refractivity contribution < 1.29 is 18.8 Å². The first-order valence-corrected chi connectivity index (χ1v) is 5.02. The van der Waals surface area contributed by atoms with Gasteiger partial charge < -0.3 is 9.63 Å². The fourth-order valence-corrected chi connectivity index (χ4v) is 1.63. The Morgan fingerprint density at radius 1 is 1.44 bits per heavy atom. The molecule has 0 spiro atoms. The minimum Gasteiger partial charge on any atom is -0.476 e. The van der Waals surface area contributed by atoms with Gasteiger partial charge in [-0.2, -0.15) is 0 Å². The van der Waals surface area contributed by atoms with Gasteiger partial charge in [0.15, 0.2) is 11.5 Å². The fourth-order valence-electron chi connectivity index (χ4n) is 1.19. The molecule has 16 heavy (non-hydrogen) atoms. The fraction of sp³-hybridized carbons (Fsp3) is 0. The summed E-state index contributed by atoms with van der Waals surface area (Å²) in [6, 6.07) is 5.26. The standard InChI is InChI=1S/C10H5BrFNO3/c11-7-2-1-5(12)3-6(7)9-4-8(10(14)15)13-16-9/h1-4H,(H,14,15). The van der Waals surface area contributed by atoms with Crippen LogP contribution in [0.15, 0.2) is 33.3 Å². The number of aromatic nitrogens is 1. The summed E-state index contributed by atoms with van der Waals surface area (Å²) in [5.41, 5.74) is 0.200. The second-order valence-electron chi connectivity index (χ2n) is 3.01. The molecule has 6 heteroatoms. The lowest BCUT2D eigenvalue weighted by Crippen LogP contribution is -1.94. The predicted octanol–water partition coefficient (Wildman–Crippen LogP) is 2.94. The highest BCUT2D eigenvalue weighted by Gasteiger charge is 2.14. The molecule has 0 saturated carbocycles. The molecule has 0 aliphatic carbocycles. The van der Waals surface area contributed by atoms with E-state index in [4.69, 9.17) is 9.63 Å². The molecule has 2 rings (SSSR count). The molecule has 0 bridgehead atoms. The van der Waals surface area contributed by atoms with Gasteiger partial charge in [0, 0.05) is 16.1 Å². The number of carboxylic acid groups (broad SMARTS) is 1. The molecule has 0 saturated heterocycles. The van der Waals surface area contributed by atoms with Gasteiger partial charge >= 0.3 is 5.97 Å². The lowest BCUT2D eigenvalue weighted by Gasteiger charge is -1.98. The molecular weight excluding hydrogens is 281 g/mol. The van der Waals surface area contributed by atoms with Crippen molar-refractivity contribution in [2.24, 2.45) is 0 Å². The molecule has 1 aromatic heterocycles. The second kappa shape index (κ2) is 4.05. The van der Waals surface area contributed by atoms with Crippen LogP contribution in [0.2, 0.25) is 0 Å². The van der Waals surface area contributed by atoms with Crippen molar-refractivity contribution in [1.29, 1.82) is 0 Å². The molecule has 82 valence electrons. The van der Waals surface area contributed by atoms with Gasteiger partial charge in [-0.25, -0.2) is 9.18 Å². The summed E-state index contributed by atoms with van der Waals surface area (Å²) in [5, 5.41) is 12.0. The van der Waals surface area contributed by atoms with Crippen molar-refractivity contribution in [2.75, 3.05) is 0 Å². The van der Waals surface area contributed by atoms with E-state index in [0.717, 1.165) is 0 Å². The molecule has 0 unspecified atom stereocenters. The maximum Gasteiger partial charge on any atom is 0.358 e. The van der Waals surface area contributed by atoms with Crippen LogP contribution >= 0.6 is 15.9 Å². The van der Waals surface area contributed by atoms with Crippen LogP contribution in [0.25, 0.3) is 11.3 Å². The Kier molecular flexibility index (Phi) is 2.74. The number of nitrogens with zero attached hydrogens (tertiary/aromatic N) is 1. The van der Waals surface area contributed by atoms with Crippen molar-refractivity contribution in [2.45, 2.75) is 0 Å². The number of benzene rings is 1. The zero-order valence-corrected chi connectivity index (χ0v) is 9.36. The molecule has 0 fully saturated rings. The lowest BCUT2D eigenvalue weighted by atomic mass is 10.1. The summed E-state index contributed by atoms with van der Waals surface area (Å²) in [5.74, 6) is -1.43. The average molecular weight is 286 g/mol. The van der Waals surface area contributed by atoms with Crippen molar-refractivity contribution in [3.8, 4) is 11.3 Å². The van der Waals surface area contributed by atoms with E-state index >= 15 is 0 Å². The highest BCUT2D eigenvalue weighted by molar-refractivity contribution is 9.10. The van der Waals surface area contributed by atoms with E-state index in [1.165, 1.54) is 24.3 Å². The first-order valence-electron chi connectivity index (χ1n) is 4.23. The molecule has 0 aliphatic heterocycles. The van der Waals surface area contributed by atoms with Crippen LogP contribution < -0.4 is 0 Å². The summed E-state index contributed by atoms with van der Waals surface area (Å²) in [7, 11) is 0. The largest absolute Gasteiger partial charge is 0.476 e. The Balaban J connectivity index is 2.50. The number of carbonyl (C=O) groups is 1. The first-order chi connectivity index (χ1) is 7.58. The van der Waals surface area contributed by atoms with Gasteiger partial charge in [0.2, 0.25) is 0 Å². The van der Waals surface area contributed by atoms with Gasteiger partial charge in [-0.05, 0) is 18.2 Å². The molecule has 2 aromatic rings. The molecule has 4 nitrogen and oxygen atoms in total. The minimum absolute atomic E-state index is 0.198. The van der Waals surface area contributed by atoms with Crippen molar-refractivity contribution >= 4 is 21.9 Å². The molecule has 0 amide bonds. The molecule has 0 aliphatic rings. The molecule has 1 N–H and O–H groups in total. The maximum absolute atomic E-state index is 13.0. The Bertz CT molecular complexity index is 553. The third-order valence-corrected chi connectivity index (χ3v) is 2.61. The Hall–Kier alpha value is -1.69. The smallest absolute Gasteiger partial charge is 0.358 e. The van der Waals surface area contributed by atoms with Crippen LogP contribution in [0.5, 0.6) is 0 Å². The van der Waals surface area contributed by atoms with E-state index < -0.39 is 11.8 Å². The summed E-state index contributed by atoms with van der Waals surface area (Å²) in [4.78, 5) is 10.6. The average Bonchev–Trinajstić information content (AvgIpc) is 2.70. The normalized spacial score (nSPS) is 10.4. The topological polar surface area (TPSA) is 63.3 Å². The van der Waals surface area contributed by atoms with Crippen LogP contribution in [-0.4, -0.2) is 16.2 Å². The summed E-state index contributed by atoms with van der Waals surface area (Å²) >= 11 is 3.21. The SMILES string of the molecule is O=C(O)c1cc(-c2cc(F)ccc2Br)on1. The van der Waals surface area contributed by atoms with Gasteiger partial charge in [0.25, 0.3) is 0 Å². The van der Waals surface area contributed by atoms with E-state index in [9.17, 15) is 9.18 Å². The molecule has 1 heterocycles. The monoisotopic (exact) mass is 285 g/mol. The molecule has 0 radical (unpaired) electrons. The third kappa shape index (κ3) is 1.96. The van der Waals surface area contributed by atoms with Crippen LogP contribution in [-0.2, 0) is 0 Å². The first kappa shape index (κ1) is 10.8. The van der Waals surface area contributed by atoms with Gasteiger partial charge in [-0.3, -0.25) is 0 Å². The number of rotatable bonds is 2. The van der Waals surface area contributed by atoms with Gasteiger partial charge in [-0.15, -0.1) is 0 Å². The number of hydrogen-bond donors (Lipinski definition) is 1. The van der Waals surface area contributed by atoms with Crippen LogP contribution in [0.3, 0.4) is 0 Å². The van der Waals surface area contributed by atoms with E-state index in [2.05, 4.69) is 21.1 Å². The van der Waals surface area contributed by atoms with Crippen LogP contribution in [0.1, 0.15) is 10.5 Å². The Morgan fingerprint density at radius 2 is 2.19 bits per heavy atom. The lowest BCUT2D eigenvalue weighted by molar-refractivity contribution is 0.0686. The number of hydrogen-bond acceptors (Lipinski definition) is 3. The van der Waals surface area contributed by atoms with Crippen molar-refractivity contribution in [3.63, 3.8) is 0 Å². The zero-order valence-electron chi connectivity index (χ0n) is 7.78. The zero-order chi connectivity index (χ0) is 11.7. The summed E-state index contributed by atoms with van der Waals surface area (Å²) in [6.45, 7) is 0. The highest BCUT2D eigenvalue weighted by Crippen LogP contribution is 2.29. The van der Waals surface area contributed by atoms with Gasteiger partial charge in [0.05, 0.1) is 0 Å². The minimum atomic E-state index is -1.19. The summed E-state index contributed by atoms with van der Waals surface area (Å²) < 4.78 is 18.4. The Labute approximate surface area is 97.8 Å². The predicted molar refractivity (Wildman–Crippen MR) is 56.6 cm³/mol. The van der Waals surface area contributed by atoms with Gasteiger partial charge in [0.1, 0.15) is 5.82 Å². The third-order valence-electron chi connectivity index (χ3n) is 1.92. The highest BCUT2D eigenvalue weighted by atomic mass is 79.9. The number of aromatic carboxylic acids is 1. The Morgan fingerprint density at radius 3 is 2.81 bits per heavy atom. The quantitative estimate of drug-likeness (QED) is 0.921.